The number of rotatable bonds is 6. The van der Waals surface area contributed by atoms with E-state index in [1.165, 1.54) is 12.1 Å². The molecule has 1 atom stereocenters. The molecule has 0 aliphatic carbocycles. The van der Waals surface area contributed by atoms with Crippen LogP contribution in [0.25, 0.3) is 0 Å². The predicted molar refractivity (Wildman–Crippen MR) is 106 cm³/mol. The summed E-state index contributed by atoms with van der Waals surface area (Å²) in [6.07, 6.45) is 8.17. The van der Waals surface area contributed by atoms with Gasteiger partial charge in [-0.1, -0.05) is 19.1 Å². The molecule has 3 heterocycles. The number of amides is 1. The summed E-state index contributed by atoms with van der Waals surface area (Å²) < 4.78 is 21.4. The van der Waals surface area contributed by atoms with Gasteiger partial charge in [-0.25, -0.2) is 14.4 Å². The Bertz CT molecular complexity index is 1010. The van der Waals surface area contributed by atoms with E-state index in [-0.39, 0.29) is 18.3 Å². The summed E-state index contributed by atoms with van der Waals surface area (Å²) in [5.41, 5.74) is 0.244. The summed E-state index contributed by atoms with van der Waals surface area (Å²) in [6.45, 7) is 4.96. The average Bonchev–Trinajstić information content (AvgIpc) is 3.42. The Morgan fingerprint density at radius 1 is 1.34 bits per heavy atom. The van der Waals surface area contributed by atoms with Crippen LogP contribution in [0.15, 0.2) is 47.3 Å². The van der Waals surface area contributed by atoms with Crippen molar-refractivity contribution in [3.05, 3.63) is 71.7 Å². The van der Waals surface area contributed by atoms with Crippen LogP contribution in [-0.2, 0) is 29.7 Å². The Kier molecular flexibility index (Phi) is 5.22. The number of benzene rings is 1. The molecule has 0 spiro atoms. The minimum atomic E-state index is -0.579. The van der Waals surface area contributed by atoms with E-state index in [0.717, 1.165) is 30.7 Å². The van der Waals surface area contributed by atoms with Gasteiger partial charge in [0, 0.05) is 31.8 Å². The third kappa shape index (κ3) is 3.81. The molecule has 29 heavy (non-hydrogen) atoms. The Hall–Kier alpha value is -2.96. The van der Waals surface area contributed by atoms with Gasteiger partial charge in [-0.2, -0.15) is 0 Å². The summed E-state index contributed by atoms with van der Waals surface area (Å²) in [5, 5.41) is 0. The van der Waals surface area contributed by atoms with Gasteiger partial charge >= 0.3 is 0 Å². The van der Waals surface area contributed by atoms with E-state index in [9.17, 15) is 9.18 Å². The number of carbonyl (C=O) groups excluding carboxylic acids is 1. The lowest BCUT2D eigenvalue weighted by molar-refractivity contribution is -0.136. The topological polar surface area (TPSA) is 64.2 Å². The molecule has 3 aromatic rings. The Labute approximate surface area is 169 Å². The summed E-state index contributed by atoms with van der Waals surface area (Å²) in [5.74, 6) is 1.85. The van der Waals surface area contributed by atoms with Crippen molar-refractivity contribution in [2.24, 2.45) is 0 Å². The monoisotopic (exact) mass is 396 g/mol. The van der Waals surface area contributed by atoms with Gasteiger partial charge in [0.05, 0.1) is 6.20 Å². The molecule has 1 amide bonds. The highest BCUT2D eigenvalue weighted by Crippen LogP contribution is 2.38. The van der Waals surface area contributed by atoms with Crippen LogP contribution in [0.4, 0.5) is 4.39 Å². The van der Waals surface area contributed by atoms with Gasteiger partial charge < -0.3 is 13.9 Å². The number of imidazole rings is 1. The molecule has 152 valence electrons. The maximum absolute atomic E-state index is 13.4. The second-order valence-corrected chi connectivity index (χ2v) is 7.69. The van der Waals surface area contributed by atoms with Crippen molar-refractivity contribution in [1.29, 1.82) is 0 Å². The van der Waals surface area contributed by atoms with Crippen LogP contribution in [0.1, 0.15) is 49.7 Å². The zero-order valence-electron chi connectivity index (χ0n) is 16.8. The Balaban J connectivity index is 1.52. The fourth-order valence-electron chi connectivity index (χ4n) is 4.10. The predicted octanol–water partition coefficient (Wildman–Crippen LogP) is 3.70. The number of halogens is 1. The number of aromatic nitrogens is 3. The zero-order valence-corrected chi connectivity index (χ0v) is 16.8. The SMILES string of the molecule is CCc1nccn1CC(=O)N1CCCC1(C)c1ncc(Cc2cccc(F)c2)o1. The van der Waals surface area contributed by atoms with Gasteiger partial charge in [-0.15, -0.1) is 0 Å². The largest absolute Gasteiger partial charge is 0.443 e. The number of likely N-dealkylation sites (tertiary alicyclic amines) is 1. The van der Waals surface area contributed by atoms with Crippen LogP contribution in [0.5, 0.6) is 0 Å². The molecule has 1 aliphatic rings. The van der Waals surface area contributed by atoms with Crippen LogP contribution in [-0.4, -0.2) is 31.9 Å². The second kappa shape index (κ2) is 7.81. The molecule has 0 radical (unpaired) electrons. The van der Waals surface area contributed by atoms with Gasteiger partial charge in [0.2, 0.25) is 11.8 Å². The molecule has 1 aromatic carbocycles. The minimum absolute atomic E-state index is 0.0302. The first-order chi connectivity index (χ1) is 14.0. The third-order valence-corrected chi connectivity index (χ3v) is 5.65. The molecule has 0 N–H and O–H groups in total. The van der Waals surface area contributed by atoms with Crippen molar-refractivity contribution < 1.29 is 13.6 Å². The summed E-state index contributed by atoms with van der Waals surface area (Å²) in [6, 6.07) is 6.45. The molecule has 0 saturated carbocycles. The molecule has 1 saturated heterocycles. The van der Waals surface area contributed by atoms with Crippen molar-refractivity contribution in [1.82, 2.24) is 19.4 Å². The summed E-state index contributed by atoms with van der Waals surface area (Å²) in [4.78, 5) is 23.7. The minimum Gasteiger partial charge on any atom is -0.443 e. The van der Waals surface area contributed by atoms with E-state index in [0.29, 0.717) is 24.6 Å². The molecule has 6 nitrogen and oxygen atoms in total. The van der Waals surface area contributed by atoms with Crippen molar-refractivity contribution in [3.8, 4) is 0 Å². The quantitative estimate of drug-likeness (QED) is 0.637. The number of nitrogens with zero attached hydrogens (tertiary/aromatic N) is 4. The highest BCUT2D eigenvalue weighted by atomic mass is 19.1. The van der Waals surface area contributed by atoms with Crippen molar-refractivity contribution in [2.75, 3.05) is 6.54 Å². The van der Waals surface area contributed by atoms with E-state index in [4.69, 9.17) is 4.42 Å². The van der Waals surface area contributed by atoms with Crippen LogP contribution in [0.3, 0.4) is 0 Å². The maximum atomic E-state index is 13.4. The number of hydrogen-bond acceptors (Lipinski definition) is 4. The molecular formula is C22H25FN4O2. The van der Waals surface area contributed by atoms with Crippen molar-refractivity contribution in [3.63, 3.8) is 0 Å². The summed E-state index contributed by atoms with van der Waals surface area (Å²) >= 11 is 0. The number of oxazole rings is 1. The van der Waals surface area contributed by atoms with E-state index in [1.54, 1.807) is 18.5 Å². The van der Waals surface area contributed by atoms with Crippen LogP contribution >= 0.6 is 0 Å². The van der Waals surface area contributed by atoms with Gasteiger partial charge in [0.25, 0.3) is 0 Å². The second-order valence-electron chi connectivity index (χ2n) is 7.69. The molecule has 1 aliphatic heterocycles. The van der Waals surface area contributed by atoms with Gasteiger partial charge in [0.1, 0.15) is 29.5 Å². The Morgan fingerprint density at radius 3 is 3.00 bits per heavy atom. The molecule has 1 unspecified atom stereocenters. The lowest BCUT2D eigenvalue weighted by Crippen LogP contribution is -2.44. The highest BCUT2D eigenvalue weighted by Gasteiger charge is 2.44. The molecule has 7 heteroatoms. The first-order valence-electron chi connectivity index (χ1n) is 9.99. The lowest BCUT2D eigenvalue weighted by atomic mass is 9.99. The summed E-state index contributed by atoms with van der Waals surface area (Å²) in [7, 11) is 0. The van der Waals surface area contributed by atoms with Crippen LogP contribution < -0.4 is 0 Å². The van der Waals surface area contributed by atoms with E-state index < -0.39 is 5.54 Å². The van der Waals surface area contributed by atoms with Crippen molar-refractivity contribution >= 4 is 5.91 Å². The van der Waals surface area contributed by atoms with Gasteiger partial charge in [-0.3, -0.25) is 4.79 Å². The molecule has 4 rings (SSSR count). The first kappa shape index (κ1) is 19.4. The first-order valence-corrected chi connectivity index (χ1v) is 9.99. The maximum Gasteiger partial charge on any atom is 0.243 e. The Morgan fingerprint density at radius 2 is 2.21 bits per heavy atom. The van der Waals surface area contributed by atoms with Crippen LogP contribution in [0, 0.1) is 5.82 Å². The fourth-order valence-corrected chi connectivity index (χ4v) is 4.10. The highest BCUT2D eigenvalue weighted by molar-refractivity contribution is 5.77. The number of hydrogen-bond donors (Lipinski definition) is 0. The molecule has 1 fully saturated rings. The molecule has 2 aromatic heterocycles. The van der Waals surface area contributed by atoms with E-state index in [1.807, 2.05) is 35.6 Å². The van der Waals surface area contributed by atoms with Crippen molar-refractivity contribution in [2.45, 2.75) is 51.6 Å². The number of aryl methyl sites for hydroxylation is 1. The lowest BCUT2D eigenvalue weighted by Gasteiger charge is -2.32. The third-order valence-electron chi connectivity index (χ3n) is 5.65. The smallest absolute Gasteiger partial charge is 0.243 e. The van der Waals surface area contributed by atoms with E-state index in [2.05, 4.69) is 9.97 Å². The zero-order chi connectivity index (χ0) is 20.4. The molecule has 0 bridgehead atoms. The van der Waals surface area contributed by atoms with Crippen LogP contribution in [0.2, 0.25) is 0 Å². The van der Waals surface area contributed by atoms with Gasteiger partial charge in [-0.05, 0) is 37.5 Å². The average molecular weight is 396 g/mol. The van der Waals surface area contributed by atoms with E-state index >= 15 is 0 Å². The molecular weight excluding hydrogens is 371 g/mol. The number of carbonyl (C=O) groups is 1. The standard InChI is InChI=1S/C22H25FN4O2/c1-3-19-24-9-11-26(19)15-20(28)27-10-5-8-22(27,2)21-25-14-18(29-21)13-16-6-4-7-17(23)12-16/h4,6-7,9,11-12,14H,3,5,8,10,13,15H2,1-2H3. The van der Waals surface area contributed by atoms with Gasteiger partial charge in [0.15, 0.2) is 0 Å². The normalized spacial score (nSPS) is 19.1. The fraction of sp³-hybridized carbons (Fsp3) is 0.409.